The van der Waals surface area contributed by atoms with Crippen molar-refractivity contribution in [3.63, 3.8) is 0 Å². The molecule has 3 heteroatoms. The van der Waals surface area contributed by atoms with Crippen molar-refractivity contribution in [1.29, 1.82) is 0 Å². The van der Waals surface area contributed by atoms with Gasteiger partial charge in [0.25, 0.3) is 0 Å². The smallest absolute Gasteiger partial charge is 0.0449 e. The van der Waals surface area contributed by atoms with E-state index in [4.69, 9.17) is 0 Å². The lowest BCUT2D eigenvalue weighted by atomic mass is 9.98. The number of benzene rings is 1. The van der Waals surface area contributed by atoms with E-state index in [1.807, 2.05) is 0 Å². The molecular formula is C18H33N3. The number of nitrogens with one attached hydrogen (secondary N) is 1. The van der Waals surface area contributed by atoms with Crippen LogP contribution in [0.1, 0.15) is 36.1 Å². The molecule has 21 heavy (non-hydrogen) atoms. The van der Waals surface area contributed by atoms with Crippen molar-refractivity contribution in [2.24, 2.45) is 0 Å². The van der Waals surface area contributed by atoms with Gasteiger partial charge in [-0.05, 0) is 72.2 Å². The molecule has 0 heterocycles. The minimum atomic E-state index is 0.407. The summed E-state index contributed by atoms with van der Waals surface area (Å²) in [6, 6.07) is 7.16. The first-order valence-electron chi connectivity index (χ1n) is 8.09. The van der Waals surface area contributed by atoms with Crippen molar-refractivity contribution >= 4 is 0 Å². The molecule has 1 aromatic rings. The monoisotopic (exact) mass is 291 g/mol. The summed E-state index contributed by atoms with van der Waals surface area (Å²) >= 11 is 0. The lowest BCUT2D eigenvalue weighted by molar-refractivity contribution is 0.242. The van der Waals surface area contributed by atoms with Gasteiger partial charge in [-0.3, -0.25) is 0 Å². The van der Waals surface area contributed by atoms with Crippen molar-refractivity contribution < 1.29 is 0 Å². The van der Waals surface area contributed by atoms with E-state index in [1.54, 1.807) is 0 Å². The van der Waals surface area contributed by atoms with Gasteiger partial charge >= 0.3 is 0 Å². The third kappa shape index (κ3) is 6.16. The van der Waals surface area contributed by atoms with E-state index < -0.39 is 0 Å². The summed E-state index contributed by atoms with van der Waals surface area (Å²) < 4.78 is 0. The average Bonchev–Trinajstić information content (AvgIpc) is 2.45. The SMILES string of the molecule is CCN(CCCN(C)C)CC(NC)c1cc(C)ccc1C. The van der Waals surface area contributed by atoms with Gasteiger partial charge in [-0.1, -0.05) is 30.7 Å². The van der Waals surface area contributed by atoms with Crippen LogP contribution in [0.5, 0.6) is 0 Å². The normalized spacial score (nSPS) is 13.1. The van der Waals surface area contributed by atoms with E-state index in [0.717, 1.165) is 26.2 Å². The highest BCUT2D eigenvalue weighted by Gasteiger charge is 2.15. The van der Waals surface area contributed by atoms with Crippen LogP contribution in [0.4, 0.5) is 0 Å². The van der Waals surface area contributed by atoms with Gasteiger partial charge in [0.15, 0.2) is 0 Å². The van der Waals surface area contributed by atoms with Gasteiger partial charge in [0.1, 0.15) is 0 Å². The van der Waals surface area contributed by atoms with Crippen molar-refractivity contribution in [1.82, 2.24) is 15.1 Å². The van der Waals surface area contributed by atoms with E-state index >= 15 is 0 Å². The molecule has 1 N–H and O–H groups in total. The number of likely N-dealkylation sites (N-methyl/N-ethyl adjacent to an activating group) is 2. The van der Waals surface area contributed by atoms with Gasteiger partial charge in [0.2, 0.25) is 0 Å². The van der Waals surface area contributed by atoms with E-state index in [0.29, 0.717) is 6.04 Å². The van der Waals surface area contributed by atoms with Crippen LogP contribution in [0.15, 0.2) is 18.2 Å². The molecule has 1 atom stereocenters. The van der Waals surface area contributed by atoms with E-state index in [2.05, 4.69) is 75.2 Å². The summed E-state index contributed by atoms with van der Waals surface area (Å²) in [5.74, 6) is 0. The van der Waals surface area contributed by atoms with Crippen LogP contribution < -0.4 is 5.32 Å². The second kappa shape index (κ2) is 9.19. The molecule has 0 saturated carbocycles. The Hall–Kier alpha value is -0.900. The zero-order valence-corrected chi connectivity index (χ0v) is 14.7. The van der Waals surface area contributed by atoms with Gasteiger partial charge < -0.3 is 15.1 Å². The molecule has 0 aliphatic heterocycles. The van der Waals surface area contributed by atoms with Crippen LogP contribution in [0.2, 0.25) is 0 Å². The summed E-state index contributed by atoms with van der Waals surface area (Å²) in [6.07, 6.45) is 1.23. The summed E-state index contributed by atoms with van der Waals surface area (Å²) in [4.78, 5) is 4.81. The summed E-state index contributed by atoms with van der Waals surface area (Å²) in [7, 11) is 6.35. The van der Waals surface area contributed by atoms with Crippen LogP contribution in [-0.2, 0) is 0 Å². The molecule has 0 bridgehead atoms. The molecule has 0 amide bonds. The number of hydrogen-bond donors (Lipinski definition) is 1. The maximum Gasteiger partial charge on any atom is 0.0449 e. The van der Waals surface area contributed by atoms with Gasteiger partial charge in [-0.15, -0.1) is 0 Å². The Morgan fingerprint density at radius 1 is 1.14 bits per heavy atom. The van der Waals surface area contributed by atoms with Crippen molar-refractivity contribution in [2.45, 2.75) is 33.2 Å². The minimum Gasteiger partial charge on any atom is -0.312 e. The average molecular weight is 291 g/mol. The second-order valence-electron chi connectivity index (χ2n) is 6.25. The fourth-order valence-electron chi connectivity index (χ4n) is 2.73. The predicted molar refractivity (Wildman–Crippen MR) is 93.0 cm³/mol. The Bertz CT molecular complexity index is 415. The highest BCUT2D eigenvalue weighted by atomic mass is 15.1. The fraction of sp³-hybridized carbons (Fsp3) is 0.667. The van der Waals surface area contributed by atoms with Gasteiger partial charge in [-0.2, -0.15) is 0 Å². The molecule has 3 nitrogen and oxygen atoms in total. The molecule has 1 unspecified atom stereocenters. The van der Waals surface area contributed by atoms with Gasteiger partial charge in [0.05, 0.1) is 0 Å². The van der Waals surface area contributed by atoms with Crippen molar-refractivity contribution in [3.8, 4) is 0 Å². The second-order valence-corrected chi connectivity index (χ2v) is 6.25. The summed E-state index contributed by atoms with van der Waals surface area (Å²) in [6.45, 7) is 11.1. The molecule has 1 rings (SSSR count). The van der Waals surface area contributed by atoms with Crippen LogP contribution in [0.3, 0.4) is 0 Å². The fourth-order valence-corrected chi connectivity index (χ4v) is 2.73. The highest BCUT2D eigenvalue weighted by Crippen LogP contribution is 2.20. The van der Waals surface area contributed by atoms with E-state index in [1.165, 1.54) is 23.1 Å². The first-order chi connectivity index (χ1) is 9.97. The molecule has 120 valence electrons. The molecule has 0 saturated heterocycles. The Labute approximate surface area is 131 Å². The lowest BCUT2D eigenvalue weighted by Gasteiger charge is -2.28. The predicted octanol–water partition coefficient (Wildman–Crippen LogP) is 2.84. The van der Waals surface area contributed by atoms with Gasteiger partial charge in [-0.25, -0.2) is 0 Å². The summed E-state index contributed by atoms with van der Waals surface area (Å²) in [5, 5.41) is 3.50. The van der Waals surface area contributed by atoms with Gasteiger partial charge in [0, 0.05) is 12.6 Å². The number of aryl methyl sites for hydroxylation is 2. The van der Waals surface area contributed by atoms with Crippen LogP contribution in [0, 0.1) is 13.8 Å². The zero-order valence-electron chi connectivity index (χ0n) is 14.7. The molecular weight excluding hydrogens is 258 g/mol. The Morgan fingerprint density at radius 2 is 1.86 bits per heavy atom. The topological polar surface area (TPSA) is 18.5 Å². The molecule has 0 aliphatic carbocycles. The third-order valence-electron chi connectivity index (χ3n) is 4.13. The van der Waals surface area contributed by atoms with Crippen LogP contribution >= 0.6 is 0 Å². The molecule has 0 aliphatic rings. The first kappa shape index (κ1) is 18.1. The van der Waals surface area contributed by atoms with Crippen LogP contribution in [-0.4, -0.2) is 57.1 Å². The Kier molecular flexibility index (Phi) is 7.94. The number of rotatable bonds is 9. The largest absolute Gasteiger partial charge is 0.312 e. The molecule has 0 spiro atoms. The molecule has 0 fully saturated rings. The number of hydrogen-bond acceptors (Lipinski definition) is 3. The zero-order chi connectivity index (χ0) is 15.8. The van der Waals surface area contributed by atoms with E-state index in [-0.39, 0.29) is 0 Å². The molecule has 0 radical (unpaired) electrons. The Balaban J connectivity index is 2.68. The Morgan fingerprint density at radius 3 is 2.43 bits per heavy atom. The standard InChI is InChI=1S/C18H33N3/c1-7-21(12-8-11-20(5)6)14-18(19-4)17-13-15(2)9-10-16(17)3/h9-10,13,18-19H,7-8,11-12,14H2,1-6H3. The minimum absolute atomic E-state index is 0.407. The summed E-state index contributed by atoms with van der Waals surface area (Å²) in [5.41, 5.74) is 4.15. The van der Waals surface area contributed by atoms with Crippen molar-refractivity contribution in [2.75, 3.05) is 47.3 Å². The first-order valence-corrected chi connectivity index (χ1v) is 8.09. The highest BCUT2D eigenvalue weighted by molar-refractivity contribution is 5.33. The maximum absolute atomic E-state index is 3.50. The third-order valence-corrected chi connectivity index (χ3v) is 4.13. The molecule has 0 aromatic heterocycles. The van der Waals surface area contributed by atoms with Crippen LogP contribution in [0.25, 0.3) is 0 Å². The maximum atomic E-state index is 3.50. The quantitative estimate of drug-likeness (QED) is 0.755. The van der Waals surface area contributed by atoms with E-state index in [9.17, 15) is 0 Å². The lowest BCUT2D eigenvalue weighted by Crippen LogP contribution is -2.35. The van der Waals surface area contributed by atoms with Crippen molar-refractivity contribution in [3.05, 3.63) is 34.9 Å². The number of nitrogens with zero attached hydrogens (tertiary/aromatic N) is 2. The molecule has 1 aromatic carbocycles.